The summed E-state index contributed by atoms with van der Waals surface area (Å²) in [7, 11) is 0. The van der Waals surface area contributed by atoms with Crippen molar-refractivity contribution in [2.45, 2.75) is 146 Å². The van der Waals surface area contributed by atoms with Crippen LogP contribution >= 0.6 is 23.5 Å². The van der Waals surface area contributed by atoms with Crippen molar-refractivity contribution in [1.82, 2.24) is 0 Å². The van der Waals surface area contributed by atoms with Crippen LogP contribution in [0.1, 0.15) is 152 Å². The van der Waals surface area contributed by atoms with Crippen LogP contribution in [-0.2, 0) is 0 Å². The van der Waals surface area contributed by atoms with Gasteiger partial charge in [-0.25, -0.2) is 0 Å². The molecule has 2 rings (SSSR count). The van der Waals surface area contributed by atoms with E-state index in [2.05, 4.69) is 60.0 Å². The van der Waals surface area contributed by atoms with Crippen LogP contribution in [0.15, 0.2) is 24.3 Å². The minimum absolute atomic E-state index is 0.655. The topological polar surface area (TPSA) is 12.0 Å². The van der Waals surface area contributed by atoms with Crippen LogP contribution in [-0.4, -0.2) is 18.1 Å². The van der Waals surface area contributed by atoms with Gasteiger partial charge in [-0.05, 0) is 42.0 Å². The molecular formula is C32H57NS2. The molecule has 1 aliphatic heterocycles. The first-order valence-electron chi connectivity index (χ1n) is 15.5. The van der Waals surface area contributed by atoms with Crippen LogP contribution in [0, 0.1) is 0 Å². The Morgan fingerprint density at radius 1 is 0.571 bits per heavy atom. The van der Waals surface area contributed by atoms with Crippen molar-refractivity contribution in [3.05, 3.63) is 29.8 Å². The van der Waals surface area contributed by atoms with Crippen LogP contribution in [0.5, 0.6) is 0 Å². The highest BCUT2D eigenvalue weighted by Crippen LogP contribution is 2.43. The number of nitrogens with one attached hydrogen (secondary N) is 1. The minimum atomic E-state index is 0.655. The van der Waals surface area contributed by atoms with Gasteiger partial charge in [-0.15, -0.1) is 23.5 Å². The van der Waals surface area contributed by atoms with E-state index in [1.54, 1.807) is 0 Å². The van der Waals surface area contributed by atoms with Gasteiger partial charge in [-0.2, -0.15) is 0 Å². The highest BCUT2D eigenvalue weighted by molar-refractivity contribution is 8.16. The summed E-state index contributed by atoms with van der Waals surface area (Å²) in [6.45, 7) is 3.42. The average molecular weight is 520 g/mol. The molecule has 3 heteroatoms. The molecule has 0 spiro atoms. The van der Waals surface area contributed by atoms with E-state index in [4.69, 9.17) is 0 Å². The number of hydrogen-bond donors (Lipinski definition) is 1. The molecule has 1 aliphatic rings. The Morgan fingerprint density at radius 2 is 0.971 bits per heavy atom. The maximum absolute atomic E-state index is 3.62. The molecule has 1 saturated heterocycles. The molecule has 1 N–H and O–H groups in total. The lowest BCUT2D eigenvalue weighted by Gasteiger charge is -2.21. The first-order chi connectivity index (χ1) is 17.4. The Bertz CT molecular complexity index is 567. The lowest BCUT2D eigenvalue weighted by molar-refractivity contribution is 0.522. The van der Waals surface area contributed by atoms with Crippen LogP contribution in [0.3, 0.4) is 0 Å². The smallest absolute Gasteiger partial charge is 0.0751 e. The second-order valence-electron chi connectivity index (χ2n) is 10.7. The molecule has 0 saturated carbocycles. The van der Waals surface area contributed by atoms with Gasteiger partial charge >= 0.3 is 0 Å². The average Bonchev–Trinajstić information content (AvgIpc) is 2.90. The molecule has 1 aromatic carbocycles. The third-order valence-electron chi connectivity index (χ3n) is 7.37. The van der Waals surface area contributed by atoms with Crippen molar-refractivity contribution in [2.24, 2.45) is 0 Å². The van der Waals surface area contributed by atoms with Crippen LogP contribution in [0.2, 0.25) is 0 Å². The summed E-state index contributed by atoms with van der Waals surface area (Å²) in [6, 6.07) is 9.22. The normalized spacial score (nSPS) is 14.4. The van der Waals surface area contributed by atoms with E-state index < -0.39 is 0 Å². The van der Waals surface area contributed by atoms with Crippen molar-refractivity contribution in [2.75, 3.05) is 23.4 Å². The van der Waals surface area contributed by atoms with Gasteiger partial charge in [0.2, 0.25) is 0 Å². The summed E-state index contributed by atoms with van der Waals surface area (Å²) < 4.78 is 0.655. The molecule has 1 aromatic rings. The maximum atomic E-state index is 3.62. The largest absolute Gasteiger partial charge is 0.385 e. The Morgan fingerprint density at radius 3 is 1.40 bits per heavy atom. The number of thioether (sulfide) groups is 2. The van der Waals surface area contributed by atoms with E-state index in [0.717, 1.165) is 6.54 Å². The SMILES string of the molecule is CCCCCCCCCCCCCCCCCCCCCCNc1ccc(C2SCCCS2)cc1. The van der Waals surface area contributed by atoms with E-state index in [-0.39, 0.29) is 0 Å². The molecule has 0 atom stereocenters. The lowest BCUT2D eigenvalue weighted by atomic mass is 10.0. The summed E-state index contributed by atoms with van der Waals surface area (Å²) in [5, 5.41) is 3.62. The molecule has 0 amide bonds. The van der Waals surface area contributed by atoms with E-state index in [0.29, 0.717) is 4.58 Å². The number of anilines is 1. The van der Waals surface area contributed by atoms with E-state index in [1.807, 2.05) is 0 Å². The Balaban J connectivity index is 1.26. The molecule has 1 nitrogen and oxygen atoms in total. The molecule has 202 valence electrons. The number of benzene rings is 1. The van der Waals surface area contributed by atoms with E-state index >= 15 is 0 Å². The van der Waals surface area contributed by atoms with Gasteiger partial charge in [-0.3, -0.25) is 0 Å². The zero-order chi connectivity index (χ0) is 24.7. The van der Waals surface area contributed by atoms with Crippen molar-refractivity contribution >= 4 is 29.2 Å². The predicted molar refractivity (Wildman–Crippen MR) is 165 cm³/mol. The molecule has 0 aromatic heterocycles. The summed E-state index contributed by atoms with van der Waals surface area (Å²) in [4.78, 5) is 0. The summed E-state index contributed by atoms with van der Waals surface area (Å²) >= 11 is 4.21. The van der Waals surface area contributed by atoms with Gasteiger partial charge in [0, 0.05) is 12.2 Å². The Kier molecular flexibility index (Phi) is 20.2. The van der Waals surface area contributed by atoms with Crippen molar-refractivity contribution in [3.63, 3.8) is 0 Å². The first-order valence-corrected chi connectivity index (χ1v) is 17.6. The maximum Gasteiger partial charge on any atom is 0.0751 e. The highest BCUT2D eigenvalue weighted by Gasteiger charge is 2.16. The standard InChI is InChI=1S/C32H57NS2/c1-2-3-4-5-6-7-8-9-10-11-12-13-14-15-16-17-18-19-20-21-27-33-31-25-23-30(24-26-31)32-34-28-22-29-35-32/h23-26,32-33H,2-22,27-29H2,1H3. The van der Waals surface area contributed by atoms with Gasteiger partial charge in [0.25, 0.3) is 0 Å². The number of rotatable bonds is 23. The van der Waals surface area contributed by atoms with Crippen LogP contribution in [0.25, 0.3) is 0 Å². The molecule has 1 heterocycles. The molecule has 35 heavy (non-hydrogen) atoms. The molecule has 0 unspecified atom stereocenters. The fourth-order valence-electron chi connectivity index (χ4n) is 5.05. The van der Waals surface area contributed by atoms with Gasteiger partial charge in [0.05, 0.1) is 4.58 Å². The zero-order valence-corrected chi connectivity index (χ0v) is 24.8. The molecule has 0 bridgehead atoms. The minimum Gasteiger partial charge on any atom is -0.385 e. The van der Waals surface area contributed by atoms with Gasteiger partial charge in [-0.1, -0.05) is 141 Å². The second kappa shape index (κ2) is 22.9. The van der Waals surface area contributed by atoms with Crippen LogP contribution in [0.4, 0.5) is 5.69 Å². The molecule has 1 fully saturated rings. The Labute approximate surface area is 228 Å². The quantitative estimate of drug-likeness (QED) is 0.144. The van der Waals surface area contributed by atoms with Gasteiger partial charge in [0.15, 0.2) is 0 Å². The number of hydrogen-bond acceptors (Lipinski definition) is 3. The lowest BCUT2D eigenvalue weighted by Crippen LogP contribution is -2.03. The van der Waals surface area contributed by atoms with Crippen molar-refractivity contribution in [1.29, 1.82) is 0 Å². The third-order valence-corrected chi connectivity index (χ3v) is 10.4. The third kappa shape index (κ3) is 17.0. The van der Waals surface area contributed by atoms with E-state index in [1.165, 1.54) is 158 Å². The molecular weight excluding hydrogens is 462 g/mol. The molecule has 0 aliphatic carbocycles. The van der Waals surface area contributed by atoms with Crippen molar-refractivity contribution < 1.29 is 0 Å². The monoisotopic (exact) mass is 519 g/mol. The first kappa shape index (κ1) is 30.9. The highest BCUT2D eigenvalue weighted by atomic mass is 32.2. The van der Waals surface area contributed by atoms with Gasteiger partial charge in [0.1, 0.15) is 0 Å². The second-order valence-corrected chi connectivity index (χ2v) is 13.4. The summed E-state index contributed by atoms with van der Waals surface area (Å²) in [5.74, 6) is 2.63. The van der Waals surface area contributed by atoms with Crippen molar-refractivity contribution in [3.8, 4) is 0 Å². The summed E-state index contributed by atoms with van der Waals surface area (Å²) in [6.07, 6.45) is 30.3. The fourth-order valence-corrected chi connectivity index (χ4v) is 7.95. The number of unbranched alkanes of at least 4 members (excludes halogenated alkanes) is 19. The Hall–Kier alpha value is -0.280. The van der Waals surface area contributed by atoms with E-state index in [9.17, 15) is 0 Å². The zero-order valence-electron chi connectivity index (χ0n) is 23.2. The molecule has 0 radical (unpaired) electrons. The fraction of sp³-hybridized carbons (Fsp3) is 0.812. The summed E-state index contributed by atoms with van der Waals surface area (Å²) in [5.41, 5.74) is 2.78. The van der Waals surface area contributed by atoms with Gasteiger partial charge < -0.3 is 5.32 Å². The van der Waals surface area contributed by atoms with Crippen LogP contribution < -0.4 is 5.32 Å². The predicted octanol–water partition coefficient (Wildman–Crippen LogP) is 11.8.